The number of esters is 2. The van der Waals surface area contributed by atoms with Crippen molar-refractivity contribution in [3.05, 3.63) is 0 Å². The van der Waals surface area contributed by atoms with Crippen LogP contribution in [0.2, 0.25) is 0 Å². The quantitative estimate of drug-likeness (QED) is 0.133. The number of hydrogen-bond acceptors (Lipinski definition) is 16. The Hall–Kier alpha value is -1.54. The Kier molecular flexibility index (Phi) is 9.90. The maximum absolute atomic E-state index is 12.8. The highest BCUT2D eigenvalue weighted by molar-refractivity contribution is 5.79. The van der Waals surface area contributed by atoms with Crippen molar-refractivity contribution in [3.63, 3.8) is 0 Å². The molecule has 2 aliphatic rings. The molecule has 2 heterocycles. The first-order chi connectivity index (χ1) is 16.4. The molecule has 0 saturated carbocycles. The van der Waals surface area contributed by atoms with Crippen LogP contribution in [0.4, 0.5) is 0 Å². The lowest BCUT2D eigenvalue weighted by Crippen LogP contribution is -2.73. The second-order valence-electron chi connectivity index (χ2n) is 8.05. The normalized spacial score (nSPS) is 41.6. The molecule has 2 fully saturated rings. The summed E-state index contributed by atoms with van der Waals surface area (Å²) in [7, 11) is 2.85. The summed E-state index contributed by atoms with van der Waals surface area (Å²) in [4.78, 5) is 25.3. The first kappa shape index (κ1) is 29.7. The molecule has 0 aromatic heterocycles. The Morgan fingerprint density at radius 1 is 0.857 bits per heavy atom. The summed E-state index contributed by atoms with van der Waals surface area (Å²) in [6, 6.07) is 0. The molecule has 0 radical (unpaired) electrons. The number of ether oxygens (including phenoxy) is 6. The molecule has 16 nitrogen and oxygen atoms in total. The molecule has 0 aliphatic carbocycles. The summed E-state index contributed by atoms with van der Waals surface area (Å²) >= 11 is 0. The molecule has 0 unspecified atom stereocenters. The Labute approximate surface area is 199 Å². The first-order valence-corrected chi connectivity index (χ1v) is 10.4. The monoisotopic (exact) mass is 516 g/mol. The van der Waals surface area contributed by atoms with E-state index in [-0.39, 0.29) is 0 Å². The largest absolute Gasteiger partial charge is 0.465 e. The fourth-order valence-corrected chi connectivity index (χ4v) is 4.00. The maximum atomic E-state index is 12.8. The average Bonchev–Trinajstić information content (AvgIpc) is 2.88. The second kappa shape index (κ2) is 11.7. The molecule has 35 heavy (non-hydrogen) atoms. The number of aliphatic hydroxyl groups excluding tert-OH is 8. The average molecular weight is 516 g/mol. The Balaban J connectivity index is 2.58. The summed E-state index contributed by atoms with van der Waals surface area (Å²) in [5.74, 6) is -8.04. The molecule has 0 spiro atoms. The summed E-state index contributed by atoms with van der Waals surface area (Å²) in [6.07, 6.45) is -18.4. The van der Waals surface area contributed by atoms with Gasteiger partial charge in [0, 0.05) is 13.5 Å². The van der Waals surface area contributed by atoms with Gasteiger partial charge >= 0.3 is 11.9 Å². The van der Waals surface area contributed by atoms with Crippen LogP contribution < -0.4 is 0 Å². The van der Waals surface area contributed by atoms with E-state index in [0.717, 1.165) is 21.3 Å². The van der Waals surface area contributed by atoms with Crippen molar-refractivity contribution >= 4 is 11.9 Å². The van der Waals surface area contributed by atoms with Crippen LogP contribution in [0.1, 0.15) is 6.42 Å². The van der Waals surface area contributed by atoms with Crippen molar-refractivity contribution in [3.8, 4) is 0 Å². The highest BCUT2D eigenvalue weighted by Crippen LogP contribution is 2.40. The van der Waals surface area contributed by atoms with Gasteiger partial charge in [-0.25, -0.2) is 9.59 Å². The van der Waals surface area contributed by atoms with E-state index >= 15 is 0 Å². The third-order valence-electron chi connectivity index (χ3n) is 5.98. The Bertz CT molecular complexity index is 736. The van der Waals surface area contributed by atoms with Crippen molar-refractivity contribution < 1.29 is 78.9 Å². The SMILES string of the molecule is COC(=O)[C@@]1(OC)C[C@@H](O[C@@]2(C(=O)OC)O[C@H]([C@H](O)CO)[C@H](O)[C@H](O)[C@@H]2O)[C@@H](O)[C@@H]([C@H](O)CO)O1. The van der Waals surface area contributed by atoms with Gasteiger partial charge in [0.2, 0.25) is 0 Å². The molecule has 8 N–H and O–H groups in total. The zero-order valence-corrected chi connectivity index (χ0v) is 19.2. The van der Waals surface area contributed by atoms with Gasteiger partial charge in [0.05, 0.1) is 33.5 Å². The summed E-state index contributed by atoms with van der Waals surface area (Å²) in [5.41, 5.74) is 0. The number of hydrogen-bond donors (Lipinski definition) is 8. The predicted molar refractivity (Wildman–Crippen MR) is 106 cm³/mol. The fraction of sp³-hybridized carbons (Fsp3) is 0.895. The van der Waals surface area contributed by atoms with E-state index in [2.05, 4.69) is 9.47 Å². The lowest BCUT2D eigenvalue weighted by molar-refractivity contribution is -0.394. The van der Waals surface area contributed by atoms with E-state index in [9.17, 15) is 50.4 Å². The van der Waals surface area contributed by atoms with Crippen LogP contribution in [-0.4, -0.2) is 154 Å². The molecular formula is C19H32O16. The molecule has 2 aliphatic heterocycles. The van der Waals surface area contributed by atoms with Gasteiger partial charge in [-0.05, 0) is 0 Å². The van der Waals surface area contributed by atoms with E-state index < -0.39 is 98.1 Å². The van der Waals surface area contributed by atoms with E-state index in [1.807, 2.05) is 0 Å². The summed E-state index contributed by atoms with van der Waals surface area (Å²) < 4.78 is 30.7. The van der Waals surface area contributed by atoms with E-state index in [0.29, 0.717) is 0 Å². The van der Waals surface area contributed by atoms with E-state index in [4.69, 9.17) is 18.9 Å². The molecule has 0 bridgehead atoms. The second-order valence-corrected chi connectivity index (χ2v) is 8.05. The van der Waals surface area contributed by atoms with Gasteiger partial charge in [0.15, 0.2) is 0 Å². The smallest absolute Gasteiger partial charge is 0.369 e. The minimum Gasteiger partial charge on any atom is -0.465 e. The molecular weight excluding hydrogens is 484 g/mol. The lowest BCUT2D eigenvalue weighted by Gasteiger charge is -2.51. The molecule has 0 aromatic carbocycles. The fourth-order valence-electron chi connectivity index (χ4n) is 4.00. The molecule has 0 amide bonds. The van der Waals surface area contributed by atoms with Gasteiger partial charge in [-0.3, -0.25) is 0 Å². The van der Waals surface area contributed by atoms with Gasteiger partial charge in [0.1, 0.15) is 48.8 Å². The van der Waals surface area contributed by atoms with Crippen LogP contribution in [0, 0.1) is 0 Å². The zero-order valence-electron chi connectivity index (χ0n) is 19.2. The van der Waals surface area contributed by atoms with Crippen LogP contribution in [0.25, 0.3) is 0 Å². The molecule has 2 saturated heterocycles. The maximum Gasteiger partial charge on any atom is 0.369 e. The molecule has 204 valence electrons. The van der Waals surface area contributed by atoms with Crippen LogP contribution >= 0.6 is 0 Å². The number of carbonyl (C=O) groups is 2. The standard InChI is InChI=1S/C19H32O16/c1-30-16(28)18(32-3)4-9(10(24)13(34-18)7(22)5-20)33-19(17(29)31-2)15(27)12(26)11(25)14(35-19)8(23)6-21/h7-15,20-27H,4-6H2,1-3H3/t7-,8-,9-,10-,11-,12+,13-,14-,15+,18-,19-/m1/s1. The number of carbonyl (C=O) groups excluding carboxylic acids is 2. The minimum absolute atomic E-state index is 0.743. The van der Waals surface area contributed by atoms with Crippen LogP contribution in [0.15, 0.2) is 0 Å². The van der Waals surface area contributed by atoms with Crippen LogP contribution in [-0.2, 0) is 38.0 Å². The molecule has 2 rings (SSSR count). The Morgan fingerprint density at radius 2 is 1.37 bits per heavy atom. The first-order valence-electron chi connectivity index (χ1n) is 10.4. The van der Waals surface area contributed by atoms with Gasteiger partial charge in [-0.2, -0.15) is 0 Å². The van der Waals surface area contributed by atoms with Crippen molar-refractivity contribution in [1.29, 1.82) is 0 Å². The highest BCUT2D eigenvalue weighted by Gasteiger charge is 2.65. The van der Waals surface area contributed by atoms with Crippen LogP contribution in [0.5, 0.6) is 0 Å². The van der Waals surface area contributed by atoms with E-state index in [1.165, 1.54) is 0 Å². The van der Waals surface area contributed by atoms with Gasteiger partial charge < -0.3 is 69.3 Å². The predicted octanol–water partition coefficient (Wildman–Crippen LogP) is -5.91. The minimum atomic E-state index is -3.04. The molecule has 16 heteroatoms. The number of rotatable bonds is 9. The lowest BCUT2D eigenvalue weighted by atomic mass is 9.88. The summed E-state index contributed by atoms with van der Waals surface area (Å²) in [5, 5.41) is 80.9. The van der Waals surface area contributed by atoms with Gasteiger partial charge in [-0.15, -0.1) is 0 Å². The third kappa shape index (κ3) is 5.29. The van der Waals surface area contributed by atoms with E-state index in [1.54, 1.807) is 0 Å². The third-order valence-corrected chi connectivity index (χ3v) is 5.98. The topological polar surface area (TPSA) is 251 Å². The number of aliphatic hydroxyl groups is 8. The zero-order chi connectivity index (χ0) is 26.7. The summed E-state index contributed by atoms with van der Waals surface area (Å²) in [6.45, 7) is -1.95. The van der Waals surface area contributed by atoms with Crippen molar-refractivity contribution in [2.75, 3.05) is 34.5 Å². The van der Waals surface area contributed by atoms with Crippen molar-refractivity contribution in [2.45, 2.75) is 72.9 Å². The van der Waals surface area contributed by atoms with Crippen LogP contribution in [0.3, 0.4) is 0 Å². The highest BCUT2D eigenvalue weighted by atomic mass is 16.8. The Morgan fingerprint density at radius 3 is 1.83 bits per heavy atom. The van der Waals surface area contributed by atoms with Crippen molar-refractivity contribution in [2.24, 2.45) is 0 Å². The van der Waals surface area contributed by atoms with Gasteiger partial charge in [-0.1, -0.05) is 0 Å². The van der Waals surface area contributed by atoms with Crippen molar-refractivity contribution in [1.82, 2.24) is 0 Å². The molecule has 0 aromatic rings. The number of methoxy groups -OCH3 is 3. The van der Waals surface area contributed by atoms with Gasteiger partial charge in [0.25, 0.3) is 11.6 Å². The molecule has 11 atom stereocenters.